The van der Waals surface area contributed by atoms with E-state index in [1.54, 1.807) is 16.7 Å². The minimum absolute atomic E-state index is 0.0430. The molecule has 7 nitrogen and oxygen atoms in total. The molecule has 0 spiro atoms. The maximum Gasteiger partial charge on any atom is 0.191 e. The lowest BCUT2D eigenvalue weighted by Gasteiger charge is -2.57. The van der Waals surface area contributed by atoms with E-state index in [0.717, 1.165) is 81.2 Å². The van der Waals surface area contributed by atoms with E-state index in [-0.39, 0.29) is 56.2 Å². The molecule has 0 aromatic carbocycles. The summed E-state index contributed by atoms with van der Waals surface area (Å²) in [5.74, 6) is 8.78. The van der Waals surface area contributed by atoms with Crippen molar-refractivity contribution in [3.05, 3.63) is 34.9 Å². The Hall–Kier alpha value is -0.192. The summed E-state index contributed by atoms with van der Waals surface area (Å²) in [6.07, 6.45) is 33.1. The Labute approximate surface area is 625 Å². The van der Waals surface area contributed by atoms with E-state index in [1.165, 1.54) is 109 Å². The second kappa shape index (κ2) is 32.0. The number of allylic oxidation sites excluding steroid dienone is 6. The molecule has 0 heterocycles. The molecule has 0 aliphatic heterocycles. The molecule has 9 aliphatic carbocycles. The second-order valence-corrected chi connectivity index (χ2v) is 63.2. The van der Waals surface area contributed by atoms with Crippen LogP contribution in [0, 0.1) is 115 Å². The molecule has 582 valence electrons. The molecule has 3 N–H and O–H groups in total. The average Bonchev–Trinajstić information content (AvgIpc) is 1.45. The maximum absolute atomic E-state index is 10.3. The molecule has 9 rings (SSSR count). The van der Waals surface area contributed by atoms with Crippen molar-refractivity contribution < 1.29 is 33.0 Å². The highest BCUT2D eigenvalue weighted by molar-refractivity contribution is 6.75. The second-order valence-electron chi connectivity index (χ2n) is 44.0. The van der Waals surface area contributed by atoms with Crippen LogP contribution in [0.5, 0.6) is 0 Å². The fourth-order valence-electron chi connectivity index (χ4n) is 23.0. The fourth-order valence-corrected chi connectivity index (χ4v) is 27.2. The van der Waals surface area contributed by atoms with Gasteiger partial charge in [0, 0.05) is 39.6 Å². The van der Waals surface area contributed by atoms with Crippen LogP contribution >= 0.6 is 0 Å². The zero-order chi connectivity index (χ0) is 75.4. The smallest absolute Gasteiger partial charge is 0.191 e. The standard InChI is InChI=1S/2C34H66O2Si2.C21H36O3/c2*1-15-26-16-17-29-28(24-36-38(13,14)32(6,7)8)30(19-21-33(26,29)9)34(10)20-18-25(2)22-27(34)23-35-37(11,12)31(3,4)5;1-4-14-5-6-18-17(13-23)19(8-10-20(14,18)2)21(3)9-7-16(24)11-15(21)12-22/h2*15,25,27-30H,16-24H2,1-14H3;4,15-19,22-24H,5-13H2,1-3H3/b26-15+;26-15-;14-4+/t2*25-,27+,28-,29?,30?,33+,34-;15-,16+,17+,18?,19?,20-,21+/m001/s1. The zero-order valence-corrected chi connectivity index (χ0v) is 76.0. The SMILES string of the molecule is C/C=C1/CCC2[C@H](CO[Si](C)(C)C(C)(C)C)C([C@@]3(C)CC[C@H](C)C[C@@H]3CO[Si](C)(C)C(C)(C)C)CC[C@]12C.C/C=C1\CCC2[C@H](CO)C([C@@]3(C)CC[C@H](O)C[C@@H]3CO)CC[C@]12C.C/C=C1\CCC2[C@H](CO[Si](C)(C)C(C)(C)C)C([C@@]3(C)CC[C@H](C)C[C@@H]3CO[Si](C)(C)C(C)(C)C)CC[C@]12C. The zero-order valence-electron chi connectivity index (χ0n) is 72.0. The number of aliphatic hydroxyl groups is 3. The van der Waals surface area contributed by atoms with Crippen LogP contribution in [-0.2, 0) is 17.7 Å². The van der Waals surface area contributed by atoms with Crippen LogP contribution in [0.25, 0.3) is 0 Å². The first-order chi connectivity index (χ1) is 45.8. The van der Waals surface area contributed by atoms with Crippen molar-refractivity contribution in [2.45, 2.75) is 373 Å². The molecule has 21 atom stereocenters. The van der Waals surface area contributed by atoms with Gasteiger partial charge in [-0.05, 0) is 331 Å². The van der Waals surface area contributed by atoms with Gasteiger partial charge in [-0.2, -0.15) is 0 Å². The minimum atomic E-state index is -1.81. The van der Waals surface area contributed by atoms with Crippen molar-refractivity contribution in [1.29, 1.82) is 0 Å². The fraction of sp³-hybridized carbons (Fsp3) is 0.933. The first-order valence-electron chi connectivity index (χ1n) is 42.2. The summed E-state index contributed by atoms with van der Waals surface area (Å²) in [7, 11) is -7.17. The molecule has 0 bridgehead atoms. The van der Waals surface area contributed by atoms with Crippen LogP contribution < -0.4 is 0 Å². The summed E-state index contributed by atoms with van der Waals surface area (Å²) >= 11 is 0. The number of hydrogen-bond acceptors (Lipinski definition) is 7. The van der Waals surface area contributed by atoms with E-state index in [9.17, 15) is 15.3 Å². The quantitative estimate of drug-likeness (QED) is 0.0986. The maximum atomic E-state index is 10.3. The van der Waals surface area contributed by atoms with Gasteiger partial charge in [0.05, 0.1) is 6.10 Å². The third-order valence-electron chi connectivity index (χ3n) is 34.8. The summed E-state index contributed by atoms with van der Waals surface area (Å²) in [5, 5.41) is 31.4. The van der Waals surface area contributed by atoms with Gasteiger partial charge < -0.3 is 33.0 Å². The van der Waals surface area contributed by atoms with Gasteiger partial charge in [0.25, 0.3) is 0 Å². The van der Waals surface area contributed by atoms with Crippen molar-refractivity contribution in [3.63, 3.8) is 0 Å². The summed E-state index contributed by atoms with van der Waals surface area (Å²) < 4.78 is 28.3. The molecule has 9 fully saturated rings. The lowest BCUT2D eigenvalue weighted by atomic mass is 9.49. The van der Waals surface area contributed by atoms with Gasteiger partial charge in [0.2, 0.25) is 0 Å². The van der Waals surface area contributed by atoms with Gasteiger partial charge in [-0.25, -0.2) is 0 Å². The van der Waals surface area contributed by atoms with Crippen LogP contribution in [-0.4, -0.2) is 94.3 Å². The Morgan fingerprint density at radius 2 is 0.640 bits per heavy atom. The third kappa shape index (κ3) is 17.5. The first-order valence-corrected chi connectivity index (χ1v) is 53.9. The average molecular weight is 1460 g/mol. The van der Waals surface area contributed by atoms with E-state index < -0.39 is 33.3 Å². The molecule has 9 saturated carbocycles. The molecular formula is C89H168O7Si4. The highest BCUT2D eigenvalue weighted by Gasteiger charge is 2.62. The molecule has 6 unspecified atom stereocenters. The van der Waals surface area contributed by atoms with Crippen molar-refractivity contribution in [2.75, 3.05) is 39.6 Å². The van der Waals surface area contributed by atoms with Crippen molar-refractivity contribution in [2.24, 2.45) is 115 Å². The molecule has 11 heteroatoms. The number of fused-ring (bicyclic) bond motifs is 3. The van der Waals surface area contributed by atoms with E-state index >= 15 is 0 Å². The topological polar surface area (TPSA) is 97.6 Å². The molecule has 0 aromatic heterocycles. The normalized spacial score (nSPS) is 41.5. The lowest BCUT2D eigenvalue weighted by molar-refractivity contribution is -0.104. The molecular weight excluding hydrogens is 1290 g/mol. The van der Waals surface area contributed by atoms with Gasteiger partial charge in [0.15, 0.2) is 33.3 Å². The molecule has 9 aliphatic rings. The van der Waals surface area contributed by atoms with Gasteiger partial charge in [-0.1, -0.05) is 186 Å². The molecule has 100 heavy (non-hydrogen) atoms. The number of rotatable bonds is 17. The highest BCUT2D eigenvalue weighted by Crippen LogP contribution is 2.68. The summed E-state index contributed by atoms with van der Waals surface area (Å²) in [5.41, 5.74) is 6.80. The predicted molar refractivity (Wildman–Crippen MR) is 440 cm³/mol. The Morgan fingerprint density at radius 3 is 0.930 bits per heavy atom. The third-order valence-corrected chi connectivity index (χ3v) is 52.8. The number of aliphatic hydroxyl groups excluding tert-OH is 3. The lowest BCUT2D eigenvalue weighted by Crippen LogP contribution is -2.54. The minimum Gasteiger partial charge on any atom is -0.417 e. The first kappa shape index (κ1) is 87.0. The van der Waals surface area contributed by atoms with Crippen LogP contribution in [0.15, 0.2) is 34.9 Å². The van der Waals surface area contributed by atoms with E-state index in [0.29, 0.717) is 69.5 Å². The summed E-state index contributed by atoms with van der Waals surface area (Å²) in [4.78, 5) is 0. The van der Waals surface area contributed by atoms with E-state index in [4.69, 9.17) is 17.7 Å². The van der Waals surface area contributed by atoms with E-state index in [2.05, 4.69) is 230 Å². The Balaban J connectivity index is 0.000000216. The monoisotopic (exact) mass is 1460 g/mol. The van der Waals surface area contributed by atoms with Crippen LogP contribution in [0.1, 0.15) is 294 Å². The van der Waals surface area contributed by atoms with Crippen LogP contribution in [0.3, 0.4) is 0 Å². The van der Waals surface area contributed by atoms with Gasteiger partial charge in [0.1, 0.15) is 0 Å². The van der Waals surface area contributed by atoms with Gasteiger partial charge in [-0.15, -0.1) is 0 Å². The Bertz CT molecular complexity index is 2620. The molecule has 0 radical (unpaired) electrons. The van der Waals surface area contributed by atoms with Crippen LogP contribution in [0.2, 0.25) is 72.5 Å². The van der Waals surface area contributed by atoms with Gasteiger partial charge >= 0.3 is 0 Å². The molecule has 0 aromatic rings. The highest BCUT2D eigenvalue weighted by atomic mass is 28.4. The van der Waals surface area contributed by atoms with Gasteiger partial charge in [-0.3, -0.25) is 0 Å². The molecule has 0 saturated heterocycles. The van der Waals surface area contributed by atoms with Crippen LogP contribution in [0.4, 0.5) is 0 Å². The molecule has 0 amide bonds. The largest absolute Gasteiger partial charge is 0.417 e. The Kier molecular flexibility index (Phi) is 27.9. The Morgan fingerprint density at radius 1 is 0.360 bits per heavy atom. The summed E-state index contributed by atoms with van der Waals surface area (Å²) in [6.45, 7) is 79.6. The van der Waals surface area contributed by atoms with Crippen molar-refractivity contribution in [3.8, 4) is 0 Å². The predicted octanol–water partition coefficient (Wildman–Crippen LogP) is 25.2. The summed E-state index contributed by atoms with van der Waals surface area (Å²) in [6, 6.07) is 0. The van der Waals surface area contributed by atoms with Crippen molar-refractivity contribution in [1.82, 2.24) is 0 Å². The van der Waals surface area contributed by atoms with Crippen molar-refractivity contribution >= 4 is 33.3 Å². The van der Waals surface area contributed by atoms with E-state index in [1.807, 2.05) is 0 Å². The number of hydrogen-bond donors (Lipinski definition) is 3.